The van der Waals surface area contributed by atoms with Gasteiger partial charge in [0.2, 0.25) is 5.91 Å². The second kappa shape index (κ2) is 12.5. The number of aromatic nitrogens is 2. The number of hydrogen-bond donors (Lipinski definition) is 3. The number of carbonyl (C=O) groups excluding carboxylic acids is 2. The molecule has 2 fully saturated rings. The van der Waals surface area contributed by atoms with Gasteiger partial charge in [-0.05, 0) is 62.9 Å². The Labute approximate surface area is 223 Å². The molecule has 0 radical (unpaired) electrons. The minimum absolute atomic E-state index is 0.125. The number of carbonyl (C=O) groups is 2. The zero-order valence-corrected chi connectivity index (χ0v) is 22.4. The molecule has 4 rings (SSSR count). The fourth-order valence-corrected chi connectivity index (χ4v) is 5.24. The Balaban J connectivity index is 1.33. The third kappa shape index (κ3) is 6.77. The van der Waals surface area contributed by atoms with E-state index in [4.69, 9.17) is 11.5 Å². The second-order valence-electron chi connectivity index (χ2n) is 10.3. The predicted octanol–water partition coefficient (Wildman–Crippen LogP) is 1.35. The van der Waals surface area contributed by atoms with Crippen molar-refractivity contribution in [3.63, 3.8) is 0 Å². The molecule has 206 valence electrons. The molecular weight excluding hydrogens is 484 g/mol. The van der Waals surface area contributed by atoms with Crippen LogP contribution in [0.3, 0.4) is 0 Å². The van der Waals surface area contributed by atoms with Crippen LogP contribution in [-0.4, -0.2) is 87.0 Å². The fraction of sp³-hybridized carbons (Fsp3) is 0.556. The van der Waals surface area contributed by atoms with E-state index in [1.54, 1.807) is 29.0 Å². The number of nitrogens with zero attached hydrogens (tertiary/aromatic N) is 5. The first-order valence-electron chi connectivity index (χ1n) is 13.5. The zero-order chi connectivity index (χ0) is 27.2. The summed E-state index contributed by atoms with van der Waals surface area (Å²) >= 11 is 0. The molecule has 1 aliphatic carbocycles. The number of hydrogen-bond acceptors (Lipinski definition) is 7. The van der Waals surface area contributed by atoms with Crippen molar-refractivity contribution in [2.45, 2.75) is 64.2 Å². The third-order valence-corrected chi connectivity index (χ3v) is 7.57. The normalized spacial score (nSPS) is 20.9. The molecule has 11 heteroatoms. The molecule has 1 saturated heterocycles. The summed E-state index contributed by atoms with van der Waals surface area (Å²) in [6, 6.07) is 9.53. The van der Waals surface area contributed by atoms with Gasteiger partial charge in [0, 0.05) is 51.0 Å². The third-order valence-electron chi connectivity index (χ3n) is 7.57. The van der Waals surface area contributed by atoms with E-state index in [1.165, 1.54) is 10.1 Å². The number of amides is 3. The number of nitrogens with one attached hydrogen (secondary N) is 1. The van der Waals surface area contributed by atoms with Crippen molar-refractivity contribution in [1.29, 1.82) is 0 Å². The number of rotatable bonds is 7. The lowest BCUT2D eigenvalue weighted by Crippen LogP contribution is -2.54. The number of urea groups is 1. The van der Waals surface area contributed by atoms with Gasteiger partial charge in [0.1, 0.15) is 5.82 Å². The maximum atomic E-state index is 12.7. The van der Waals surface area contributed by atoms with Gasteiger partial charge < -0.3 is 21.3 Å². The summed E-state index contributed by atoms with van der Waals surface area (Å²) in [5.74, 6) is 0.0632. The summed E-state index contributed by atoms with van der Waals surface area (Å²) < 4.78 is 1.46. The predicted molar refractivity (Wildman–Crippen MR) is 147 cm³/mol. The Kier molecular flexibility index (Phi) is 9.13. The average Bonchev–Trinajstić information content (AvgIpc) is 2.92. The highest BCUT2D eigenvalue weighted by molar-refractivity contribution is 5.88. The highest BCUT2D eigenvalue weighted by atomic mass is 16.2. The van der Waals surface area contributed by atoms with Gasteiger partial charge in [0.25, 0.3) is 0 Å². The Morgan fingerprint density at radius 1 is 1.05 bits per heavy atom. The first-order valence-corrected chi connectivity index (χ1v) is 13.5. The van der Waals surface area contributed by atoms with Crippen molar-refractivity contribution in [3.05, 3.63) is 52.6 Å². The molecule has 1 saturated carbocycles. The van der Waals surface area contributed by atoms with Crippen LogP contribution in [0.4, 0.5) is 10.6 Å². The fourth-order valence-electron chi connectivity index (χ4n) is 5.24. The molecule has 2 aliphatic rings. The van der Waals surface area contributed by atoms with Gasteiger partial charge in [0.05, 0.1) is 11.7 Å². The van der Waals surface area contributed by atoms with Crippen molar-refractivity contribution in [2.75, 3.05) is 38.0 Å². The van der Waals surface area contributed by atoms with Crippen LogP contribution in [0.1, 0.15) is 45.1 Å². The largest absolute Gasteiger partial charge is 0.354 e. The summed E-state index contributed by atoms with van der Waals surface area (Å²) in [5, 5.41) is 2.69. The molecule has 1 aliphatic heterocycles. The lowest BCUT2D eigenvalue weighted by Gasteiger charge is -2.35. The van der Waals surface area contributed by atoms with E-state index < -0.39 is 11.7 Å². The number of nitrogens with two attached hydrogens (primary N) is 2. The van der Waals surface area contributed by atoms with E-state index in [9.17, 15) is 14.4 Å². The molecule has 1 aromatic carbocycles. The maximum absolute atomic E-state index is 12.7. The number of anilines is 1. The van der Waals surface area contributed by atoms with Gasteiger partial charge in [-0.15, -0.1) is 0 Å². The summed E-state index contributed by atoms with van der Waals surface area (Å²) in [7, 11) is 0. The molecule has 11 nitrogen and oxygen atoms in total. The van der Waals surface area contributed by atoms with E-state index in [1.807, 2.05) is 24.3 Å². The van der Waals surface area contributed by atoms with Gasteiger partial charge in [-0.2, -0.15) is 4.98 Å². The monoisotopic (exact) mass is 524 g/mol. The van der Waals surface area contributed by atoms with Crippen LogP contribution in [0.15, 0.2) is 41.3 Å². The molecule has 38 heavy (non-hydrogen) atoms. The van der Waals surface area contributed by atoms with Gasteiger partial charge in [-0.25, -0.2) is 9.59 Å². The summed E-state index contributed by atoms with van der Waals surface area (Å²) in [6.45, 7) is 7.31. The van der Waals surface area contributed by atoms with Crippen LogP contribution in [0.25, 0.3) is 5.69 Å². The minimum atomic E-state index is -0.560. The highest BCUT2D eigenvalue weighted by Gasteiger charge is 2.26. The Morgan fingerprint density at radius 3 is 2.26 bits per heavy atom. The summed E-state index contributed by atoms with van der Waals surface area (Å²) in [5.41, 5.74) is 13.2. The van der Waals surface area contributed by atoms with E-state index in [-0.39, 0.29) is 17.8 Å². The molecule has 1 atom stereocenters. The molecule has 1 aromatic heterocycles. The number of benzene rings is 1. The lowest BCUT2D eigenvalue weighted by atomic mass is 9.90. The molecule has 0 bridgehead atoms. The quantitative estimate of drug-likeness (QED) is 0.496. The van der Waals surface area contributed by atoms with Crippen LogP contribution in [0, 0.1) is 0 Å². The smallest absolute Gasteiger partial charge is 0.338 e. The standard InChI is InChI=1S/C27H40N8O3/c1-3-32(22-10-6-21(29)7-11-22)18-20-4-8-23(9-5-20)35-13-12-24(31-27(35)38)30-26(37)34-16-14-33(15-17-34)25(36)19(2)28/h4-5,8-9,12-13,19,21-22H,3,6-7,10-11,14-18,28-29H2,1-2H3,(H,30,31,37,38)/t19-,21?,22?/m0/s1. The van der Waals surface area contributed by atoms with E-state index >= 15 is 0 Å². The van der Waals surface area contributed by atoms with Crippen molar-refractivity contribution in [1.82, 2.24) is 24.3 Å². The second-order valence-corrected chi connectivity index (χ2v) is 10.3. The average molecular weight is 525 g/mol. The molecule has 3 amide bonds. The molecule has 0 spiro atoms. The van der Waals surface area contributed by atoms with Crippen LogP contribution < -0.4 is 22.5 Å². The Hall–Kier alpha value is -3.28. The van der Waals surface area contributed by atoms with Crippen LogP contribution in [-0.2, 0) is 11.3 Å². The molecule has 2 heterocycles. The van der Waals surface area contributed by atoms with Crippen LogP contribution in [0.2, 0.25) is 0 Å². The van der Waals surface area contributed by atoms with Crippen LogP contribution in [0.5, 0.6) is 0 Å². The summed E-state index contributed by atoms with van der Waals surface area (Å²) in [6.07, 6.45) is 6.06. The highest BCUT2D eigenvalue weighted by Crippen LogP contribution is 2.24. The van der Waals surface area contributed by atoms with E-state index in [0.717, 1.165) is 38.8 Å². The van der Waals surface area contributed by atoms with Crippen molar-refractivity contribution >= 4 is 17.8 Å². The number of piperazine rings is 1. The van der Waals surface area contributed by atoms with Gasteiger partial charge >= 0.3 is 11.7 Å². The molecular formula is C27H40N8O3. The molecule has 2 aromatic rings. The van der Waals surface area contributed by atoms with E-state index in [2.05, 4.69) is 22.1 Å². The van der Waals surface area contributed by atoms with E-state index in [0.29, 0.717) is 44.0 Å². The summed E-state index contributed by atoms with van der Waals surface area (Å²) in [4.78, 5) is 47.2. The first-order chi connectivity index (χ1) is 18.2. The lowest BCUT2D eigenvalue weighted by molar-refractivity contribution is -0.133. The minimum Gasteiger partial charge on any atom is -0.338 e. The van der Waals surface area contributed by atoms with Gasteiger partial charge in [0.15, 0.2) is 0 Å². The van der Waals surface area contributed by atoms with Gasteiger partial charge in [-0.1, -0.05) is 19.1 Å². The Morgan fingerprint density at radius 2 is 1.68 bits per heavy atom. The first kappa shape index (κ1) is 27.7. The molecule has 0 unspecified atom stereocenters. The van der Waals surface area contributed by atoms with Crippen molar-refractivity contribution < 1.29 is 9.59 Å². The SMILES string of the molecule is CCN(Cc1ccc(-n2ccc(NC(=O)N3CCN(C(=O)[C@H](C)N)CC3)nc2=O)cc1)C1CCC(N)CC1. The maximum Gasteiger partial charge on any atom is 0.354 e. The van der Waals surface area contributed by atoms with Crippen molar-refractivity contribution in [3.8, 4) is 5.69 Å². The van der Waals surface area contributed by atoms with Gasteiger partial charge in [-0.3, -0.25) is 19.6 Å². The van der Waals surface area contributed by atoms with Crippen molar-refractivity contribution in [2.24, 2.45) is 11.5 Å². The Bertz CT molecular complexity index is 1150. The molecule has 5 N–H and O–H groups in total. The van der Waals surface area contributed by atoms with Crippen LogP contribution >= 0.6 is 0 Å². The zero-order valence-electron chi connectivity index (χ0n) is 22.4. The topological polar surface area (TPSA) is 143 Å².